The van der Waals surface area contributed by atoms with Gasteiger partial charge in [-0.2, -0.15) is 5.26 Å². The van der Waals surface area contributed by atoms with Crippen molar-refractivity contribution < 1.29 is 9.53 Å². The molecule has 0 radical (unpaired) electrons. The van der Waals surface area contributed by atoms with Crippen LogP contribution in [-0.2, 0) is 9.53 Å². The lowest BCUT2D eigenvalue weighted by Gasteiger charge is -2.30. The molecule has 1 N–H and O–H groups in total. The number of pyridine rings is 1. The van der Waals surface area contributed by atoms with Crippen LogP contribution in [0.4, 0.5) is 5.82 Å². The van der Waals surface area contributed by atoms with Crippen LogP contribution in [0.25, 0.3) is 5.65 Å². The summed E-state index contributed by atoms with van der Waals surface area (Å²) in [4.78, 5) is 16.7. The first-order chi connectivity index (χ1) is 11.9. The van der Waals surface area contributed by atoms with E-state index in [1.54, 1.807) is 4.40 Å². The number of ether oxygens (including phenoxy) is 1. The Bertz CT molecular complexity index is 805. The summed E-state index contributed by atoms with van der Waals surface area (Å²) in [6.45, 7) is 5.68. The maximum Gasteiger partial charge on any atom is 0.309 e. The van der Waals surface area contributed by atoms with Gasteiger partial charge in [0.2, 0.25) is 0 Å². The molecule has 1 aliphatic carbocycles. The first kappa shape index (κ1) is 17.3. The Hall–Kier alpha value is -2.55. The molecule has 0 bridgehead atoms. The van der Waals surface area contributed by atoms with Crippen LogP contribution in [0.1, 0.15) is 52.1 Å². The minimum atomic E-state index is -0.440. The second kappa shape index (κ2) is 6.75. The van der Waals surface area contributed by atoms with Crippen LogP contribution in [0.15, 0.2) is 24.4 Å². The molecule has 2 aromatic heterocycles. The number of fused-ring (bicyclic) bond motifs is 1. The van der Waals surface area contributed by atoms with Crippen molar-refractivity contribution in [2.45, 2.75) is 58.1 Å². The smallest absolute Gasteiger partial charge is 0.309 e. The van der Waals surface area contributed by atoms with Crippen molar-refractivity contribution in [2.24, 2.45) is 5.92 Å². The number of carbonyl (C=O) groups excluding carboxylic acids is 1. The van der Waals surface area contributed by atoms with Gasteiger partial charge < -0.3 is 10.1 Å². The van der Waals surface area contributed by atoms with Gasteiger partial charge in [0.1, 0.15) is 17.3 Å². The average Bonchev–Trinajstić information content (AvgIpc) is 2.90. The Kier molecular flexibility index (Phi) is 4.67. The van der Waals surface area contributed by atoms with Gasteiger partial charge in [-0.05, 0) is 58.6 Å². The highest BCUT2D eigenvalue weighted by molar-refractivity contribution is 5.73. The normalized spacial score (nSPS) is 20.9. The molecule has 6 heteroatoms. The number of anilines is 1. The molecule has 0 saturated heterocycles. The van der Waals surface area contributed by atoms with Crippen molar-refractivity contribution in [3.63, 3.8) is 0 Å². The zero-order chi connectivity index (χ0) is 18.0. The summed E-state index contributed by atoms with van der Waals surface area (Å²) in [5, 5.41) is 12.8. The Morgan fingerprint density at radius 1 is 1.32 bits per heavy atom. The number of rotatable bonds is 3. The number of nitrogens with one attached hydrogen (secondary N) is 1. The van der Waals surface area contributed by atoms with Crippen LogP contribution < -0.4 is 5.32 Å². The van der Waals surface area contributed by atoms with Gasteiger partial charge in [-0.1, -0.05) is 6.07 Å². The topological polar surface area (TPSA) is 79.4 Å². The second-order valence-corrected chi connectivity index (χ2v) is 7.58. The van der Waals surface area contributed by atoms with Crippen molar-refractivity contribution in [2.75, 3.05) is 5.32 Å². The van der Waals surface area contributed by atoms with Gasteiger partial charge in [0.05, 0.1) is 5.92 Å². The Balaban J connectivity index is 1.63. The molecule has 25 heavy (non-hydrogen) atoms. The quantitative estimate of drug-likeness (QED) is 0.865. The summed E-state index contributed by atoms with van der Waals surface area (Å²) >= 11 is 0. The maximum absolute atomic E-state index is 12.2. The molecule has 2 heterocycles. The van der Waals surface area contributed by atoms with E-state index in [-0.39, 0.29) is 17.9 Å². The van der Waals surface area contributed by atoms with Crippen molar-refractivity contribution >= 4 is 17.4 Å². The van der Waals surface area contributed by atoms with E-state index in [4.69, 9.17) is 4.74 Å². The minimum absolute atomic E-state index is 0.0335. The summed E-state index contributed by atoms with van der Waals surface area (Å²) < 4.78 is 7.28. The average molecular weight is 340 g/mol. The number of nitrogens with zero attached hydrogens (tertiary/aromatic N) is 3. The van der Waals surface area contributed by atoms with Crippen molar-refractivity contribution in [1.82, 2.24) is 9.38 Å². The van der Waals surface area contributed by atoms with Crippen molar-refractivity contribution in [3.05, 3.63) is 30.1 Å². The molecule has 0 aliphatic heterocycles. The number of aromatic nitrogens is 2. The van der Waals surface area contributed by atoms with Gasteiger partial charge >= 0.3 is 5.97 Å². The summed E-state index contributed by atoms with van der Waals surface area (Å²) in [5.74, 6) is 0.486. The van der Waals surface area contributed by atoms with E-state index < -0.39 is 5.60 Å². The summed E-state index contributed by atoms with van der Waals surface area (Å²) in [5.41, 5.74) is 0.832. The molecule has 1 saturated carbocycles. The molecule has 1 aliphatic rings. The third-order valence-corrected chi connectivity index (χ3v) is 4.44. The molecule has 0 spiro atoms. The maximum atomic E-state index is 12.2. The van der Waals surface area contributed by atoms with E-state index in [1.807, 2.05) is 45.2 Å². The lowest BCUT2D eigenvalue weighted by Crippen LogP contribution is -2.34. The van der Waals surface area contributed by atoms with Crippen LogP contribution in [0.3, 0.4) is 0 Å². The number of imidazole rings is 1. The number of carbonyl (C=O) groups is 1. The van der Waals surface area contributed by atoms with Crippen LogP contribution in [0.5, 0.6) is 0 Å². The number of esters is 1. The van der Waals surface area contributed by atoms with Gasteiger partial charge in [0.15, 0.2) is 11.5 Å². The van der Waals surface area contributed by atoms with E-state index in [0.29, 0.717) is 11.5 Å². The molecule has 6 nitrogen and oxygen atoms in total. The molecule has 3 rings (SSSR count). The van der Waals surface area contributed by atoms with Gasteiger partial charge in [0, 0.05) is 12.2 Å². The number of nitriles is 1. The van der Waals surface area contributed by atoms with Crippen LogP contribution in [-0.4, -0.2) is 27.0 Å². The number of hydrogen-bond donors (Lipinski definition) is 1. The fourth-order valence-electron chi connectivity index (χ4n) is 3.26. The molecular formula is C19H24N4O2. The van der Waals surface area contributed by atoms with Gasteiger partial charge in [0.25, 0.3) is 0 Å². The first-order valence-electron chi connectivity index (χ1n) is 8.74. The SMILES string of the molecule is CC(C)(C)OC(=O)C1CCC(Nc2nc3ccccn3c2C#N)CC1. The predicted octanol–water partition coefficient (Wildman–Crippen LogP) is 3.52. The molecular weight excluding hydrogens is 316 g/mol. The van der Waals surface area contributed by atoms with Gasteiger partial charge in [-0.15, -0.1) is 0 Å². The molecule has 1 fully saturated rings. The van der Waals surface area contributed by atoms with Gasteiger partial charge in [-0.3, -0.25) is 9.20 Å². The molecule has 132 valence electrons. The van der Waals surface area contributed by atoms with Gasteiger partial charge in [-0.25, -0.2) is 4.98 Å². The predicted molar refractivity (Wildman–Crippen MR) is 95.1 cm³/mol. The van der Waals surface area contributed by atoms with E-state index in [9.17, 15) is 10.1 Å². The third kappa shape index (κ3) is 3.93. The molecule has 0 unspecified atom stereocenters. The summed E-state index contributed by atoms with van der Waals surface area (Å²) in [6, 6.07) is 8.11. The molecule has 0 aromatic carbocycles. The Morgan fingerprint density at radius 2 is 2.04 bits per heavy atom. The fourth-order valence-corrected chi connectivity index (χ4v) is 3.26. The summed E-state index contributed by atoms with van der Waals surface area (Å²) in [7, 11) is 0. The highest BCUT2D eigenvalue weighted by atomic mass is 16.6. The summed E-state index contributed by atoms with van der Waals surface area (Å²) in [6.07, 6.45) is 5.15. The van der Waals surface area contributed by atoms with Crippen molar-refractivity contribution in [3.8, 4) is 6.07 Å². The largest absolute Gasteiger partial charge is 0.460 e. The van der Waals surface area contributed by atoms with Crippen molar-refractivity contribution in [1.29, 1.82) is 5.26 Å². The van der Waals surface area contributed by atoms with Crippen LogP contribution in [0, 0.1) is 17.2 Å². The standard InChI is InChI=1S/C19H24N4O2/c1-19(2,3)25-18(24)13-7-9-14(10-8-13)21-17-15(12-20)23-11-5-4-6-16(23)22-17/h4-6,11,13-14,21H,7-10H2,1-3H3. The molecule has 2 aromatic rings. The van der Waals surface area contributed by atoms with Crippen LogP contribution >= 0.6 is 0 Å². The zero-order valence-electron chi connectivity index (χ0n) is 15.0. The third-order valence-electron chi connectivity index (χ3n) is 4.44. The minimum Gasteiger partial charge on any atom is -0.460 e. The van der Waals surface area contributed by atoms with E-state index >= 15 is 0 Å². The first-order valence-corrected chi connectivity index (χ1v) is 8.74. The van der Waals surface area contributed by atoms with Crippen LogP contribution in [0.2, 0.25) is 0 Å². The Morgan fingerprint density at radius 3 is 2.68 bits per heavy atom. The monoisotopic (exact) mass is 340 g/mol. The zero-order valence-corrected chi connectivity index (χ0v) is 15.0. The highest BCUT2D eigenvalue weighted by Gasteiger charge is 2.30. The fraction of sp³-hybridized carbons (Fsp3) is 0.526. The van der Waals surface area contributed by atoms with E-state index in [0.717, 1.165) is 31.3 Å². The number of hydrogen-bond acceptors (Lipinski definition) is 5. The Labute approximate surface area is 147 Å². The van der Waals surface area contributed by atoms with E-state index in [2.05, 4.69) is 16.4 Å². The van der Waals surface area contributed by atoms with E-state index in [1.165, 1.54) is 0 Å². The molecule has 0 atom stereocenters. The lowest BCUT2D eigenvalue weighted by molar-refractivity contribution is -0.161. The second-order valence-electron chi connectivity index (χ2n) is 7.58. The lowest BCUT2D eigenvalue weighted by atomic mass is 9.86. The highest BCUT2D eigenvalue weighted by Crippen LogP contribution is 2.29. The molecule has 0 amide bonds.